The van der Waals surface area contributed by atoms with Crippen molar-refractivity contribution in [3.8, 4) is 0 Å². The van der Waals surface area contributed by atoms with Crippen LogP contribution >= 0.6 is 7.37 Å². The van der Waals surface area contributed by atoms with Gasteiger partial charge in [-0.25, -0.2) is 0 Å². The van der Waals surface area contributed by atoms with E-state index < -0.39 is 7.37 Å². The first-order valence-corrected chi connectivity index (χ1v) is 8.35. The minimum atomic E-state index is -3.00. The van der Waals surface area contributed by atoms with E-state index in [1.807, 2.05) is 12.1 Å². The zero-order valence-electron chi connectivity index (χ0n) is 10.1. The molecule has 4 nitrogen and oxygen atoms in total. The number of hydrogen-bond acceptors (Lipinski definition) is 2. The Morgan fingerprint density at radius 3 is 2.76 bits per heavy atom. The zero-order valence-corrected chi connectivity index (χ0v) is 11.0. The smallest absolute Gasteiger partial charge is 0.253 e. The van der Waals surface area contributed by atoms with Gasteiger partial charge in [-0.3, -0.25) is 4.57 Å². The molecule has 1 aliphatic rings. The van der Waals surface area contributed by atoms with Crippen molar-refractivity contribution >= 4 is 7.37 Å². The summed E-state index contributed by atoms with van der Waals surface area (Å²) in [7, 11) is -3.00. The summed E-state index contributed by atoms with van der Waals surface area (Å²) < 4.78 is 17.3. The maximum atomic E-state index is 12.1. The quantitative estimate of drug-likeness (QED) is 0.778. The van der Waals surface area contributed by atoms with E-state index in [0.717, 1.165) is 18.8 Å². The van der Waals surface area contributed by atoms with Gasteiger partial charge in [0.05, 0.1) is 19.4 Å². The molecule has 1 unspecified atom stereocenters. The molecule has 0 amide bonds. The van der Waals surface area contributed by atoms with Gasteiger partial charge in [0.2, 0.25) is 0 Å². The van der Waals surface area contributed by atoms with Gasteiger partial charge in [-0.2, -0.15) is 0 Å². The average Bonchev–Trinajstić information content (AvgIpc) is 2.80. The fourth-order valence-electron chi connectivity index (χ4n) is 2.38. The van der Waals surface area contributed by atoms with E-state index in [0.29, 0.717) is 18.9 Å². The second-order valence-electron chi connectivity index (χ2n) is 4.87. The van der Waals surface area contributed by atoms with Crippen molar-refractivity contribution in [1.29, 1.82) is 0 Å². The molecule has 1 saturated heterocycles. The minimum absolute atomic E-state index is 0.337. The summed E-state index contributed by atoms with van der Waals surface area (Å²) >= 11 is 0. The van der Waals surface area contributed by atoms with E-state index in [4.69, 9.17) is 4.42 Å². The number of hydrogen-bond donors (Lipinski definition) is 2. The highest BCUT2D eigenvalue weighted by Gasteiger charge is 2.26. The molecule has 0 radical (unpaired) electrons. The van der Waals surface area contributed by atoms with Crippen molar-refractivity contribution in [2.45, 2.75) is 25.7 Å². The molecule has 96 valence electrons. The molecule has 1 fully saturated rings. The second-order valence-corrected chi connectivity index (χ2v) is 7.32. The molecule has 0 aromatic carbocycles. The van der Waals surface area contributed by atoms with Crippen molar-refractivity contribution in [2.24, 2.45) is 0 Å². The van der Waals surface area contributed by atoms with Crippen LogP contribution in [0.4, 0.5) is 0 Å². The first kappa shape index (κ1) is 12.9. The van der Waals surface area contributed by atoms with Crippen LogP contribution in [0.1, 0.15) is 25.0 Å². The van der Waals surface area contributed by atoms with Crippen LogP contribution in [0.15, 0.2) is 22.8 Å². The predicted octanol–water partition coefficient (Wildman–Crippen LogP) is 1.12. The molecule has 5 heteroatoms. The third kappa shape index (κ3) is 4.30. The Morgan fingerprint density at radius 2 is 2.12 bits per heavy atom. The molecule has 2 heterocycles. The monoisotopic (exact) mass is 258 g/mol. The third-order valence-corrected chi connectivity index (χ3v) is 5.18. The highest BCUT2D eigenvalue weighted by atomic mass is 31.2. The Kier molecular flexibility index (Phi) is 4.43. The summed E-state index contributed by atoms with van der Waals surface area (Å²) in [5.41, 5.74) is 0. The van der Waals surface area contributed by atoms with Gasteiger partial charge in [-0.15, -0.1) is 0 Å². The van der Waals surface area contributed by atoms with Crippen LogP contribution in [-0.4, -0.2) is 30.4 Å². The predicted molar refractivity (Wildman–Crippen MR) is 66.5 cm³/mol. The highest BCUT2D eigenvalue weighted by molar-refractivity contribution is 7.57. The molecule has 1 atom stereocenters. The van der Waals surface area contributed by atoms with Gasteiger partial charge < -0.3 is 14.2 Å². The van der Waals surface area contributed by atoms with Crippen LogP contribution in [0.25, 0.3) is 0 Å². The summed E-state index contributed by atoms with van der Waals surface area (Å²) in [6.45, 7) is 2.09. The average molecular weight is 258 g/mol. The Balaban J connectivity index is 1.79. The second kappa shape index (κ2) is 5.85. The standard InChI is InChI=1S/C12H20NO3P/c14-17(15,10-6-12-5-4-9-16-12)11-13-7-2-1-3-8-13/h4-5,9H,1-3,6-8,10-11H2,(H,14,15)/p+1. The van der Waals surface area contributed by atoms with Gasteiger partial charge in [0, 0.05) is 12.6 Å². The molecule has 17 heavy (non-hydrogen) atoms. The number of rotatable bonds is 5. The Labute approximate surface area is 102 Å². The third-order valence-electron chi connectivity index (χ3n) is 3.32. The molecule has 0 saturated carbocycles. The van der Waals surface area contributed by atoms with E-state index in [9.17, 15) is 9.46 Å². The molecule has 2 rings (SSSR count). The lowest BCUT2D eigenvalue weighted by Crippen LogP contribution is -3.12. The Bertz CT molecular complexity index is 371. The Morgan fingerprint density at radius 1 is 1.35 bits per heavy atom. The number of nitrogens with one attached hydrogen (secondary N) is 1. The number of piperidine rings is 1. The van der Waals surface area contributed by atoms with Gasteiger partial charge in [-0.1, -0.05) is 0 Å². The number of likely N-dealkylation sites (tertiary alicyclic amines) is 1. The van der Waals surface area contributed by atoms with E-state index in [-0.39, 0.29) is 0 Å². The number of aryl methyl sites for hydroxylation is 1. The van der Waals surface area contributed by atoms with Crippen LogP contribution in [0.5, 0.6) is 0 Å². The Hall–Kier alpha value is -0.570. The zero-order chi connectivity index (χ0) is 12.1. The number of furan rings is 1. The molecule has 1 aromatic heterocycles. The van der Waals surface area contributed by atoms with E-state index >= 15 is 0 Å². The summed E-state index contributed by atoms with van der Waals surface area (Å²) in [4.78, 5) is 11.3. The molecule has 2 N–H and O–H groups in total. The molecule has 0 aliphatic carbocycles. The fraction of sp³-hybridized carbons (Fsp3) is 0.667. The van der Waals surface area contributed by atoms with Crippen molar-refractivity contribution in [1.82, 2.24) is 0 Å². The molecule has 1 aromatic rings. The fourth-order valence-corrected chi connectivity index (χ4v) is 4.12. The summed E-state index contributed by atoms with van der Waals surface area (Å²) in [5.74, 6) is 0.799. The lowest BCUT2D eigenvalue weighted by atomic mass is 10.1. The van der Waals surface area contributed by atoms with Crippen LogP contribution < -0.4 is 4.90 Å². The van der Waals surface area contributed by atoms with Gasteiger partial charge in [0.15, 0.2) is 6.29 Å². The van der Waals surface area contributed by atoms with E-state index in [1.165, 1.54) is 24.2 Å². The van der Waals surface area contributed by atoms with Crippen LogP contribution in [0.3, 0.4) is 0 Å². The first-order chi connectivity index (χ1) is 8.16. The summed E-state index contributed by atoms with van der Waals surface area (Å²) in [5, 5.41) is 0. The topological polar surface area (TPSA) is 54.9 Å². The summed E-state index contributed by atoms with van der Waals surface area (Å²) in [6.07, 6.45) is 6.58. The minimum Gasteiger partial charge on any atom is -0.469 e. The normalized spacial score (nSPS) is 21.2. The molecule has 0 bridgehead atoms. The first-order valence-electron chi connectivity index (χ1n) is 6.32. The maximum absolute atomic E-state index is 12.1. The molecule has 0 spiro atoms. The lowest BCUT2D eigenvalue weighted by molar-refractivity contribution is -0.893. The largest absolute Gasteiger partial charge is 0.469 e. The molecule has 1 aliphatic heterocycles. The van der Waals surface area contributed by atoms with Gasteiger partial charge in [0.1, 0.15) is 5.76 Å². The van der Waals surface area contributed by atoms with Gasteiger partial charge in [0.25, 0.3) is 7.37 Å². The SMILES string of the molecule is O=P(O)(CCc1ccco1)C[NH+]1CCCCC1. The van der Waals surface area contributed by atoms with Crippen LogP contribution in [0, 0.1) is 0 Å². The van der Waals surface area contributed by atoms with Crippen molar-refractivity contribution in [3.63, 3.8) is 0 Å². The lowest BCUT2D eigenvalue weighted by Gasteiger charge is -2.25. The van der Waals surface area contributed by atoms with E-state index in [2.05, 4.69) is 0 Å². The van der Waals surface area contributed by atoms with Crippen molar-refractivity contribution in [3.05, 3.63) is 24.2 Å². The van der Waals surface area contributed by atoms with Crippen LogP contribution in [0.2, 0.25) is 0 Å². The molecular formula is C12H21NO3P+. The van der Waals surface area contributed by atoms with Crippen molar-refractivity contribution < 1.29 is 18.8 Å². The van der Waals surface area contributed by atoms with Crippen molar-refractivity contribution in [2.75, 3.05) is 25.5 Å². The van der Waals surface area contributed by atoms with Gasteiger partial charge >= 0.3 is 0 Å². The molecular weight excluding hydrogens is 237 g/mol. The number of quaternary nitrogens is 1. The van der Waals surface area contributed by atoms with Gasteiger partial charge in [-0.05, 0) is 31.4 Å². The van der Waals surface area contributed by atoms with E-state index in [1.54, 1.807) is 6.26 Å². The highest BCUT2D eigenvalue weighted by Crippen LogP contribution is 2.38. The summed E-state index contributed by atoms with van der Waals surface area (Å²) in [6, 6.07) is 3.67. The van der Waals surface area contributed by atoms with Crippen LogP contribution in [-0.2, 0) is 11.0 Å². The maximum Gasteiger partial charge on any atom is 0.253 e.